The molecule has 0 aliphatic rings. The van der Waals surface area contributed by atoms with Crippen LogP contribution in [0.25, 0.3) is 11.0 Å². The molecular formula is C18H21N5. The minimum Gasteiger partial charge on any atom is -0.370 e. The molecule has 0 fully saturated rings. The first kappa shape index (κ1) is 15.1. The molecule has 4 N–H and O–H groups in total. The number of aromatic nitrogens is 2. The number of nitrogens with zero attached hydrogens (tertiary/aromatic N) is 2. The number of hydrogen-bond acceptors (Lipinski definition) is 2. The molecule has 118 valence electrons. The maximum absolute atomic E-state index is 5.90. The fourth-order valence-electron chi connectivity index (χ4n) is 2.39. The van der Waals surface area contributed by atoms with Crippen LogP contribution in [-0.2, 0) is 6.42 Å². The van der Waals surface area contributed by atoms with Gasteiger partial charge in [0.15, 0.2) is 5.96 Å². The van der Waals surface area contributed by atoms with Crippen LogP contribution in [-0.4, -0.2) is 22.5 Å². The van der Waals surface area contributed by atoms with Crippen LogP contribution >= 0.6 is 0 Å². The second-order valence-electron chi connectivity index (χ2n) is 5.56. The molecule has 0 saturated heterocycles. The van der Waals surface area contributed by atoms with Gasteiger partial charge < -0.3 is 16.0 Å². The molecule has 0 saturated carbocycles. The van der Waals surface area contributed by atoms with E-state index in [2.05, 4.69) is 27.2 Å². The number of benzene rings is 2. The first-order valence-electron chi connectivity index (χ1n) is 7.78. The molecule has 0 unspecified atom stereocenters. The van der Waals surface area contributed by atoms with Crippen molar-refractivity contribution in [2.24, 2.45) is 10.7 Å². The van der Waals surface area contributed by atoms with Gasteiger partial charge in [0, 0.05) is 18.7 Å². The van der Waals surface area contributed by atoms with Gasteiger partial charge in [0.05, 0.1) is 11.0 Å². The van der Waals surface area contributed by atoms with Gasteiger partial charge >= 0.3 is 0 Å². The Hall–Kier alpha value is -2.82. The Labute approximate surface area is 135 Å². The van der Waals surface area contributed by atoms with E-state index < -0.39 is 0 Å². The monoisotopic (exact) mass is 307 g/mol. The zero-order valence-electron chi connectivity index (χ0n) is 13.2. The lowest BCUT2D eigenvalue weighted by atomic mass is 10.2. The van der Waals surface area contributed by atoms with Gasteiger partial charge in [0.2, 0.25) is 0 Å². The minimum absolute atomic E-state index is 0.443. The summed E-state index contributed by atoms with van der Waals surface area (Å²) in [5, 5.41) is 3.09. The molecule has 0 aliphatic heterocycles. The van der Waals surface area contributed by atoms with Crippen LogP contribution in [0.3, 0.4) is 0 Å². The summed E-state index contributed by atoms with van der Waals surface area (Å²) in [6, 6.07) is 16.1. The Kier molecular flexibility index (Phi) is 4.57. The van der Waals surface area contributed by atoms with Gasteiger partial charge in [0.1, 0.15) is 5.82 Å². The van der Waals surface area contributed by atoms with Crippen LogP contribution in [0.1, 0.15) is 17.8 Å². The van der Waals surface area contributed by atoms with E-state index in [1.807, 2.05) is 48.5 Å². The number of para-hydroxylation sites is 2. The number of H-pyrrole nitrogens is 1. The van der Waals surface area contributed by atoms with Crippen molar-refractivity contribution < 1.29 is 0 Å². The van der Waals surface area contributed by atoms with Crippen molar-refractivity contribution in [2.45, 2.75) is 19.8 Å². The van der Waals surface area contributed by atoms with Gasteiger partial charge in [-0.25, -0.2) is 4.98 Å². The van der Waals surface area contributed by atoms with Crippen LogP contribution in [0.2, 0.25) is 0 Å². The summed E-state index contributed by atoms with van der Waals surface area (Å²) in [4.78, 5) is 12.2. The fraction of sp³-hybridized carbons (Fsp3) is 0.222. The largest absolute Gasteiger partial charge is 0.370 e. The maximum atomic E-state index is 5.90. The predicted octanol–water partition coefficient (Wildman–Crippen LogP) is 3.23. The average molecular weight is 307 g/mol. The fourth-order valence-corrected chi connectivity index (χ4v) is 2.39. The van der Waals surface area contributed by atoms with Gasteiger partial charge in [0.25, 0.3) is 0 Å². The summed E-state index contributed by atoms with van der Waals surface area (Å²) >= 11 is 0. The number of anilines is 1. The molecule has 1 aromatic heterocycles. The molecule has 3 aromatic rings. The standard InChI is InChI=1S/C18H21N5/c1-13-8-10-14(11-9-13)21-18(19)20-12-4-7-17-22-15-5-2-3-6-16(15)23-17/h2-3,5-6,8-11H,4,7,12H2,1H3,(H,22,23)(H3,19,20,21). The number of nitrogens with two attached hydrogens (primary N) is 1. The molecule has 0 radical (unpaired) electrons. The summed E-state index contributed by atoms with van der Waals surface area (Å²) in [5.41, 5.74) is 10.2. The minimum atomic E-state index is 0.443. The van der Waals surface area contributed by atoms with E-state index in [0.29, 0.717) is 12.5 Å². The van der Waals surface area contributed by atoms with Crippen molar-refractivity contribution in [3.8, 4) is 0 Å². The number of fused-ring (bicyclic) bond motifs is 1. The number of guanidine groups is 1. The molecule has 0 amide bonds. The zero-order valence-corrected chi connectivity index (χ0v) is 13.2. The molecule has 0 bridgehead atoms. The Morgan fingerprint density at radius 2 is 1.96 bits per heavy atom. The Bertz CT molecular complexity index is 769. The van der Waals surface area contributed by atoms with Crippen molar-refractivity contribution in [3.63, 3.8) is 0 Å². The maximum Gasteiger partial charge on any atom is 0.193 e. The third-order valence-corrected chi connectivity index (χ3v) is 3.62. The van der Waals surface area contributed by atoms with Crippen molar-refractivity contribution in [1.82, 2.24) is 9.97 Å². The number of hydrogen-bond donors (Lipinski definition) is 3. The smallest absolute Gasteiger partial charge is 0.193 e. The highest BCUT2D eigenvalue weighted by Gasteiger charge is 2.01. The van der Waals surface area contributed by atoms with Crippen molar-refractivity contribution in [3.05, 3.63) is 59.9 Å². The molecule has 0 aliphatic carbocycles. The molecule has 3 rings (SSSR count). The SMILES string of the molecule is Cc1ccc(NC(N)=NCCCc2nc3ccccc3[nH]2)cc1. The lowest BCUT2D eigenvalue weighted by molar-refractivity contribution is 0.796. The number of aliphatic imine (C=N–C) groups is 1. The third-order valence-electron chi connectivity index (χ3n) is 3.62. The number of rotatable bonds is 5. The van der Waals surface area contributed by atoms with Crippen LogP contribution in [0.4, 0.5) is 5.69 Å². The van der Waals surface area contributed by atoms with Crippen LogP contribution in [0.15, 0.2) is 53.5 Å². The summed E-state index contributed by atoms with van der Waals surface area (Å²) in [7, 11) is 0. The van der Waals surface area contributed by atoms with Crippen LogP contribution < -0.4 is 11.1 Å². The lowest BCUT2D eigenvalue weighted by Gasteiger charge is -2.05. The summed E-state index contributed by atoms with van der Waals surface area (Å²) in [5.74, 6) is 1.44. The van der Waals surface area contributed by atoms with Gasteiger partial charge in [-0.3, -0.25) is 4.99 Å². The summed E-state index contributed by atoms with van der Waals surface area (Å²) in [6.07, 6.45) is 1.76. The van der Waals surface area contributed by atoms with Crippen molar-refractivity contribution >= 4 is 22.7 Å². The van der Waals surface area contributed by atoms with Gasteiger partial charge in [-0.15, -0.1) is 0 Å². The topological polar surface area (TPSA) is 79.1 Å². The van der Waals surface area contributed by atoms with Crippen LogP contribution in [0, 0.1) is 6.92 Å². The zero-order chi connectivity index (χ0) is 16.1. The molecule has 5 nitrogen and oxygen atoms in total. The van der Waals surface area contributed by atoms with Crippen LogP contribution in [0.5, 0.6) is 0 Å². The number of aromatic amines is 1. The molecule has 0 spiro atoms. The Balaban J connectivity index is 1.49. The molecule has 2 aromatic carbocycles. The van der Waals surface area contributed by atoms with Crippen molar-refractivity contribution in [1.29, 1.82) is 0 Å². The summed E-state index contributed by atoms with van der Waals surface area (Å²) < 4.78 is 0. The third kappa shape index (κ3) is 4.10. The Morgan fingerprint density at radius 3 is 2.74 bits per heavy atom. The van der Waals surface area contributed by atoms with E-state index in [0.717, 1.165) is 35.4 Å². The van der Waals surface area contributed by atoms with Crippen molar-refractivity contribution in [2.75, 3.05) is 11.9 Å². The number of nitrogens with one attached hydrogen (secondary N) is 2. The van der Waals surface area contributed by atoms with Gasteiger partial charge in [-0.05, 0) is 37.6 Å². The predicted molar refractivity (Wildman–Crippen MR) is 95.7 cm³/mol. The molecule has 5 heteroatoms. The van der Waals surface area contributed by atoms with E-state index in [-0.39, 0.29) is 0 Å². The second-order valence-corrected chi connectivity index (χ2v) is 5.56. The lowest BCUT2D eigenvalue weighted by Crippen LogP contribution is -2.22. The van der Waals surface area contributed by atoms with E-state index in [4.69, 9.17) is 5.73 Å². The highest BCUT2D eigenvalue weighted by atomic mass is 15.1. The Morgan fingerprint density at radius 1 is 1.17 bits per heavy atom. The number of imidazole rings is 1. The van der Waals surface area contributed by atoms with E-state index in [9.17, 15) is 0 Å². The molecule has 0 atom stereocenters. The average Bonchev–Trinajstić information content (AvgIpc) is 2.96. The molecule has 1 heterocycles. The van der Waals surface area contributed by atoms with Gasteiger partial charge in [-0.2, -0.15) is 0 Å². The number of aryl methyl sites for hydroxylation is 2. The normalized spacial score (nSPS) is 11.8. The first-order valence-corrected chi connectivity index (χ1v) is 7.78. The quantitative estimate of drug-likeness (QED) is 0.384. The highest BCUT2D eigenvalue weighted by Crippen LogP contribution is 2.11. The van der Waals surface area contributed by atoms with E-state index >= 15 is 0 Å². The second kappa shape index (κ2) is 6.96. The summed E-state index contributed by atoms with van der Waals surface area (Å²) in [6.45, 7) is 2.72. The molecule has 23 heavy (non-hydrogen) atoms. The molecular weight excluding hydrogens is 286 g/mol. The highest BCUT2D eigenvalue weighted by molar-refractivity contribution is 5.92. The van der Waals surface area contributed by atoms with Gasteiger partial charge in [-0.1, -0.05) is 29.8 Å². The van der Waals surface area contributed by atoms with E-state index in [1.165, 1.54) is 5.56 Å². The van der Waals surface area contributed by atoms with E-state index in [1.54, 1.807) is 0 Å². The first-order chi connectivity index (χ1) is 11.2.